The van der Waals surface area contributed by atoms with Crippen molar-refractivity contribution in [3.05, 3.63) is 81.8 Å². The minimum Gasteiger partial charge on any atom is -0.270 e. The van der Waals surface area contributed by atoms with Gasteiger partial charge in [0.1, 0.15) is 0 Å². The fraction of sp³-hybridized carbons (Fsp3) is 0.167. The lowest BCUT2D eigenvalue weighted by molar-refractivity contribution is 0.616. The first-order valence-electron chi connectivity index (χ1n) is 7.57. The first-order valence-corrected chi connectivity index (χ1v) is 8.56. The molecule has 0 atom stereocenters. The van der Waals surface area contributed by atoms with Crippen LogP contribution in [0.2, 0.25) is 0 Å². The average molecular weight is 336 g/mol. The molecule has 0 unspecified atom stereocenters. The number of hydrogen-bond acceptors (Lipinski definition) is 4. The Balaban J connectivity index is 1.68. The average Bonchev–Trinajstić information content (AvgIpc) is 2.99. The van der Waals surface area contributed by atoms with Crippen molar-refractivity contribution < 1.29 is 0 Å². The summed E-state index contributed by atoms with van der Waals surface area (Å²) in [6, 6.07) is 19.6. The van der Waals surface area contributed by atoms with Crippen LogP contribution in [-0.2, 0) is 18.7 Å². The number of nitrogens with one attached hydrogen (secondary N) is 1. The number of benzene rings is 2. The highest BCUT2D eigenvalue weighted by atomic mass is 32.2. The van der Waals surface area contributed by atoms with E-state index < -0.39 is 0 Å². The lowest BCUT2D eigenvalue weighted by atomic mass is 10.1. The van der Waals surface area contributed by atoms with Gasteiger partial charge in [0.25, 0.3) is 0 Å². The summed E-state index contributed by atoms with van der Waals surface area (Å²) in [5.74, 6) is 0.658. The van der Waals surface area contributed by atoms with Crippen LogP contribution >= 0.6 is 11.8 Å². The van der Waals surface area contributed by atoms with Gasteiger partial charge in [-0.3, -0.25) is 4.57 Å². The Morgan fingerprint density at radius 3 is 2.71 bits per heavy atom. The van der Waals surface area contributed by atoms with Crippen molar-refractivity contribution in [2.75, 3.05) is 0 Å². The van der Waals surface area contributed by atoms with E-state index >= 15 is 0 Å². The van der Waals surface area contributed by atoms with Crippen molar-refractivity contribution in [2.45, 2.75) is 23.9 Å². The van der Waals surface area contributed by atoms with Crippen LogP contribution in [-0.4, -0.2) is 14.8 Å². The smallest absolute Gasteiger partial charge is 0.270 e. The van der Waals surface area contributed by atoms with Crippen LogP contribution in [0.1, 0.15) is 16.7 Å². The van der Waals surface area contributed by atoms with Crippen LogP contribution in [0, 0.1) is 11.3 Å². The van der Waals surface area contributed by atoms with Gasteiger partial charge >= 0.3 is 5.69 Å². The Kier molecular flexibility index (Phi) is 5.14. The fourth-order valence-corrected chi connectivity index (χ4v) is 3.29. The Hall–Kier alpha value is -2.78. The van der Waals surface area contributed by atoms with Gasteiger partial charge in [-0.2, -0.15) is 5.26 Å². The van der Waals surface area contributed by atoms with E-state index in [1.54, 1.807) is 10.6 Å². The predicted molar refractivity (Wildman–Crippen MR) is 93.7 cm³/mol. The summed E-state index contributed by atoms with van der Waals surface area (Å²) >= 11 is 1.49. The van der Waals surface area contributed by atoms with Crippen molar-refractivity contribution in [1.29, 1.82) is 5.26 Å². The third-order valence-electron chi connectivity index (χ3n) is 3.61. The minimum atomic E-state index is -0.195. The molecule has 120 valence electrons. The van der Waals surface area contributed by atoms with Crippen LogP contribution in [0.15, 0.2) is 64.5 Å². The second-order valence-corrected chi connectivity index (χ2v) is 6.24. The number of nitrogens with zero attached hydrogens (tertiary/aromatic N) is 3. The maximum absolute atomic E-state index is 12.0. The maximum atomic E-state index is 12.0. The molecule has 1 N–H and O–H groups in total. The normalized spacial score (nSPS) is 10.5. The summed E-state index contributed by atoms with van der Waals surface area (Å²) in [5.41, 5.74) is 2.66. The Labute approximate surface area is 144 Å². The third kappa shape index (κ3) is 3.94. The molecule has 3 aromatic rings. The number of H-pyrrole nitrogens is 1. The first kappa shape index (κ1) is 16.1. The summed E-state index contributed by atoms with van der Waals surface area (Å²) in [4.78, 5) is 12.0. The van der Waals surface area contributed by atoms with Crippen LogP contribution < -0.4 is 5.69 Å². The van der Waals surface area contributed by atoms with E-state index in [4.69, 9.17) is 5.26 Å². The van der Waals surface area contributed by atoms with E-state index in [1.165, 1.54) is 17.3 Å². The molecule has 0 aliphatic carbocycles. The van der Waals surface area contributed by atoms with Crippen molar-refractivity contribution in [2.24, 2.45) is 0 Å². The molecule has 0 radical (unpaired) electrons. The summed E-state index contributed by atoms with van der Waals surface area (Å²) in [7, 11) is 0. The molecule has 0 aliphatic rings. The maximum Gasteiger partial charge on any atom is 0.343 e. The van der Waals surface area contributed by atoms with E-state index in [-0.39, 0.29) is 5.69 Å². The minimum absolute atomic E-state index is 0.195. The first-order chi connectivity index (χ1) is 11.8. The molecule has 0 fully saturated rings. The number of thioether (sulfide) groups is 1. The van der Waals surface area contributed by atoms with Crippen molar-refractivity contribution in [3.63, 3.8) is 0 Å². The molecule has 2 aromatic carbocycles. The molecule has 0 spiro atoms. The van der Waals surface area contributed by atoms with Gasteiger partial charge in [-0.1, -0.05) is 54.2 Å². The van der Waals surface area contributed by atoms with Gasteiger partial charge in [-0.15, -0.1) is 5.10 Å². The van der Waals surface area contributed by atoms with Gasteiger partial charge in [0.15, 0.2) is 5.16 Å². The molecule has 0 bridgehead atoms. The number of aromatic amines is 1. The topological polar surface area (TPSA) is 74.5 Å². The SMILES string of the molecule is N#Cc1cccc(CSc2n[nH]c(=O)n2CCc2ccccc2)c1. The largest absolute Gasteiger partial charge is 0.343 e. The zero-order valence-corrected chi connectivity index (χ0v) is 13.8. The second-order valence-electron chi connectivity index (χ2n) is 5.30. The van der Waals surface area contributed by atoms with E-state index in [0.29, 0.717) is 23.0 Å². The van der Waals surface area contributed by atoms with Crippen LogP contribution in [0.25, 0.3) is 0 Å². The standard InChI is InChI=1S/C18H16N4OS/c19-12-15-7-4-8-16(11-15)13-24-18-21-20-17(23)22(18)10-9-14-5-2-1-3-6-14/h1-8,11H,9-10,13H2,(H,20,23). The number of aromatic nitrogens is 3. The molecule has 0 amide bonds. The number of nitriles is 1. The molecule has 5 nitrogen and oxygen atoms in total. The van der Waals surface area contributed by atoms with E-state index in [0.717, 1.165) is 12.0 Å². The van der Waals surface area contributed by atoms with E-state index in [9.17, 15) is 4.79 Å². The molecule has 0 aliphatic heterocycles. The molecule has 1 heterocycles. The molecule has 0 saturated carbocycles. The van der Waals surface area contributed by atoms with Gasteiger partial charge in [-0.25, -0.2) is 9.89 Å². The Morgan fingerprint density at radius 2 is 1.92 bits per heavy atom. The zero-order valence-electron chi connectivity index (χ0n) is 13.0. The van der Waals surface area contributed by atoms with Crippen molar-refractivity contribution >= 4 is 11.8 Å². The Morgan fingerprint density at radius 1 is 1.12 bits per heavy atom. The lowest BCUT2D eigenvalue weighted by Gasteiger charge is -2.06. The molecular formula is C18H16N4OS. The lowest BCUT2D eigenvalue weighted by Crippen LogP contribution is -2.18. The van der Waals surface area contributed by atoms with Crippen LogP contribution in [0.3, 0.4) is 0 Å². The third-order valence-corrected chi connectivity index (χ3v) is 4.66. The quantitative estimate of drug-likeness (QED) is 0.702. The highest BCUT2D eigenvalue weighted by molar-refractivity contribution is 7.98. The van der Waals surface area contributed by atoms with Crippen LogP contribution in [0.5, 0.6) is 0 Å². The molecule has 24 heavy (non-hydrogen) atoms. The predicted octanol–water partition coefficient (Wildman–Crippen LogP) is 2.98. The van der Waals surface area contributed by atoms with E-state index in [1.807, 2.05) is 48.5 Å². The van der Waals surface area contributed by atoms with Gasteiger partial charge in [0.2, 0.25) is 0 Å². The summed E-state index contributed by atoms with van der Waals surface area (Å²) in [5, 5.41) is 16.2. The van der Waals surface area contributed by atoms with Crippen molar-refractivity contribution in [3.8, 4) is 6.07 Å². The second kappa shape index (κ2) is 7.66. The summed E-state index contributed by atoms with van der Waals surface area (Å²) < 4.78 is 1.66. The highest BCUT2D eigenvalue weighted by Crippen LogP contribution is 2.20. The van der Waals surface area contributed by atoms with Gasteiger partial charge in [0, 0.05) is 12.3 Å². The van der Waals surface area contributed by atoms with Gasteiger partial charge < -0.3 is 0 Å². The zero-order chi connectivity index (χ0) is 16.8. The molecule has 3 rings (SSSR count). The molecule has 1 aromatic heterocycles. The van der Waals surface area contributed by atoms with Gasteiger partial charge in [-0.05, 0) is 29.7 Å². The summed E-state index contributed by atoms with van der Waals surface area (Å²) in [6.45, 7) is 0.583. The number of hydrogen-bond donors (Lipinski definition) is 1. The Bertz CT molecular complexity index is 909. The summed E-state index contributed by atoms with van der Waals surface area (Å²) in [6.07, 6.45) is 0.776. The highest BCUT2D eigenvalue weighted by Gasteiger charge is 2.09. The monoisotopic (exact) mass is 336 g/mol. The molecule has 0 saturated heterocycles. The van der Waals surface area contributed by atoms with Crippen molar-refractivity contribution in [1.82, 2.24) is 14.8 Å². The van der Waals surface area contributed by atoms with Crippen LogP contribution in [0.4, 0.5) is 0 Å². The molecule has 6 heteroatoms. The molecular weight excluding hydrogens is 320 g/mol. The van der Waals surface area contributed by atoms with Gasteiger partial charge in [0.05, 0.1) is 11.6 Å². The fourth-order valence-electron chi connectivity index (χ4n) is 2.37. The number of rotatable bonds is 6. The number of aryl methyl sites for hydroxylation is 1. The van der Waals surface area contributed by atoms with E-state index in [2.05, 4.69) is 16.3 Å².